The van der Waals surface area contributed by atoms with Gasteiger partial charge in [0.25, 0.3) is 0 Å². The van der Waals surface area contributed by atoms with Crippen LogP contribution in [-0.2, 0) is 0 Å². The van der Waals surface area contributed by atoms with Crippen LogP contribution in [0, 0.1) is 6.92 Å². The summed E-state index contributed by atoms with van der Waals surface area (Å²) in [6, 6.07) is 13.6. The molecular formula is C17H13NO3. The molecule has 21 heavy (non-hydrogen) atoms. The van der Waals surface area contributed by atoms with E-state index >= 15 is 0 Å². The Bertz CT molecular complexity index is 839. The fraction of sp³-hybridized carbons (Fsp3) is 0.0588. The van der Waals surface area contributed by atoms with Gasteiger partial charge in [0.15, 0.2) is 0 Å². The molecule has 2 aromatic carbocycles. The zero-order chi connectivity index (χ0) is 15.0. The number of para-hydroxylation sites is 1. The summed E-state index contributed by atoms with van der Waals surface area (Å²) in [6.45, 7) is 1.90. The van der Waals surface area contributed by atoms with Crippen molar-refractivity contribution in [3.8, 4) is 17.0 Å². The summed E-state index contributed by atoms with van der Waals surface area (Å²) in [5.41, 5.74) is 3.18. The molecule has 3 rings (SSSR count). The van der Waals surface area contributed by atoms with E-state index in [0.29, 0.717) is 16.6 Å². The maximum absolute atomic E-state index is 11.5. The molecule has 0 radical (unpaired) electrons. The molecule has 0 saturated heterocycles. The number of hydrogen-bond acceptors (Lipinski definition) is 3. The lowest BCUT2D eigenvalue weighted by molar-refractivity contribution is 0.0699. The third kappa shape index (κ3) is 2.31. The molecule has 0 aliphatic carbocycles. The van der Waals surface area contributed by atoms with E-state index < -0.39 is 5.97 Å². The minimum absolute atomic E-state index is 0.161. The second-order valence-electron chi connectivity index (χ2n) is 4.88. The summed E-state index contributed by atoms with van der Waals surface area (Å²) < 4.78 is 0. The van der Waals surface area contributed by atoms with E-state index in [1.165, 1.54) is 0 Å². The second kappa shape index (κ2) is 4.90. The molecule has 0 aliphatic rings. The molecule has 1 heterocycles. The highest BCUT2D eigenvalue weighted by molar-refractivity contribution is 6.04. The molecule has 0 saturated carbocycles. The lowest BCUT2D eigenvalue weighted by Gasteiger charge is -2.09. The predicted molar refractivity (Wildman–Crippen MR) is 80.5 cm³/mol. The summed E-state index contributed by atoms with van der Waals surface area (Å²) >= 11 is 0. The smallest absolute Gasteiger partial charge is 0.336 e. The van der Waals surface area contributed by atoms with Gasteiger partial charge in [0.05, 0.1) is 16.8 Å². The quantitative estimate of drug-likeness (QED) is 0.751. The standard InChI is InChI=1S/C17H13NO3/c1-10-3-2-4-13-14(17(20)21)9-15(18-16(10)13)11-5-7-12(19)8-6-11/h2-9,19H,1H3,(H,20,21). The molecule has 2 N–H and O–H groups in total. The number of aromatic hydroxyl groups is 1. The minimum atomic E-state index is -0.979. The van der Waals surface area contributed by atoms with Gasteiger partial charge in [-0.15, -0.1) is 0 Å². The number of aryl methyl sites for hydroxylation is 1. The van der Waals surface area contributed by atoms with Gasteiger partial charge in [-0.05, 0) is 42.8 Å². The van der Waals surface area contributed by atoms with Crippen LogP contribution in [0.2, 0.25) is 0 Å². The van der Waals surface area contributed by atoms with Crippen molar-refractivity contribution in [1.29, 1.82) is 0 Å². The molecular weight excluding hydrogens is 266 g/mol. The molecule has 0 fully saturated rings. The number of carbonyl (C=O) groups is 1. The van der Waals surface area contributed by atoms with E-state index in [0.717, 1.165) is 11.1 Å². The summed E-state index contributed by atoms with van der Waals surface area (Å²) in [4.78, 5) is 16.1. The molecule has 0 atom stereocenters. The Hall–Kier alpha value is -2.88. The van der Waals surface area contributed by atoms with E-state index in [9.17, 15) is 15.0 Å². The fourth-order valence-corrected chi connectivity index (χ4v) is 2.35. The number of benzene rings is 2. The SMILES string of the molecule is Cc1cccc2c(C(=O)O)cc(-c3ccc(O)cc3)nc12. The number of rotatable bonds is 2. The molecule has 0 spiro atoms. The Morgan fingerprint density at radius 2 is 1.81 bits per heavy atom. The van der Waals surface area contributed by atoms with Crippen LogP contribution in [0.3, 0.4) is 0 Å². The summed E-state index contributed by atoms with van der Waals surface area (Å²) in [6.07, 6.45) is 0. The Labute approximate surface area is 121 Å². The number of aromatic nitrogens is 1. The van der Waals surface area contributed by atoms with Gasteiger partial charge in [0, 0.05) is 10.9 Å². The zero-order valence-electron chi connectivity index (χ0n) is 11.4. The average molecular weight is 279 g/mol. The lowest BCUT2D eigenvalue weighted by atomic mass is 10.0. The number of carboxylic acid groups (broad SMARTS) is 1. The van der Waals surface area contributed by atoms with Crippen molar-refractivity contribution in [2.45, 2.75) is 6.92 Å². The third-order valence-corrected chi connectivity index (χ3v) is 3.43. The molecule has 4 heteroatoms. The predicted octanol–water partition coefficient (Wildman–Crippen LogP) is 3.61. The summed E-state index contributed by atoms with van der Waals surface area (Å²) in [5.74, 6) is -0.817. The van der Waals surface area contributed by atoms with Crippen LogP contribution in [0.25, 0.3) is 22.2 Å². The Balaban J connectivity index is 2.32. The van der Waals surface area contributed by atoms with Crippen LogP contribution in [-0.4, -0.2) is 21.2 Å². The Kier molecular flexibility index (Phi) is 3.06. The van der Waals surface area contributed by atoms with Gasteiger partial charge in [0.2, 0.25) is 0 Å². The van der Waals surface area contributed by atoms with E-state index in [4.69, 9.17) is 0 Å². The van der Waals surface area contributed by atoms with Crippen molar-refractivity contribution in [3.05, 3.63) is 59.7 Å². The summed E-state index contributed by atoms with van der Waals surface area (Å²) in [7, 11) is 0. The van der Waals surface area contributed by atoms with Crippen molar-refractivity contribution in [1.82, 2.24) is 4.98 Å². The van der Waals surface area contributed by atoms with Crippen molar-refractivity contribution in [3.63, 3.8) is 0 Å². The van der Waals surface area contributed by atoms with Crippen LogP contribution in [0.4, 0.5) is 0 Å². The van der Waals surface area contributed by atoms with Gasteiger partial charge in [-0.2, -0.15) is 0 Å². The topological polar surface area (TPSA) is 70.4 Å². The Morgan fingerprint density at radius 3 is 2.48 bits per heavy atom. The number of pyridine rings is 1. The van der Waals surface area contributed by atoms with Gasteiger partial charge in [-0.1, -0.05) is 18.2 Å². The van der Waals surface area contributed by atoms with E-state index in [1.807, 2.05) is 19.1 Å². The number of carboxylic acids is 1. The number of phenolic OH excluding ortho intramolecular Hbond substituents is 1. The van der Waals surface area contributed by atoms with Gasteiger partial charge in [0.1, 0.15) is 5.75 Å². The fourth-order valence-electron chi connectivity index (χ4n) is 2.35. The normalized spacial score (nSPS) is 10.7. The summed E-state index contributed by atoms with van der Waals surface area (Å²) in [5, 5.41) is 19.4. The molecule has 104 valence electrons. The van der Waals surface area contributed by atoms with Crippen molar-refractivity contribution >= 4 is 16.9 Å². The third-order valence-electron chi connectivity index (χ3n) is 3.43. The average Bonchev–Trinajstić information content (AvgIpc) is 2.47. The minimum Gasteiger partial charge on any atom is -0.508 e. The highest BCUT2D eigenvalue weighted by Gasteiger charge is 2.13. The van der Waals surface area contributed by atoms with E-state index in [-0.39, 0.29) is 11.3 Å². The molecule has 0 bridgehead atoms. The number of hydrogen-bond donors (Lipinski definition) is 2. The highest BCUT2D eigenvalue weighted by atomic mass is 16.4. The highest BCUT2D eigenvalue weighted by Crippen LogP contribution is 2.27. The van der Waals surface area contributed by atoms with Gasteiger partial charge < -0.3 is 10.2 Å². The zero-order valence-corrected chi connectivity index (χ0v) is 11.4. The number of phenols is 1. The van der Waals surface area contributed by atoms with Crippen LogP contribution in [0.1, 0.15) is 15.9 Å². The number of aromatic carboxylic acids is 1. The molecule has 1 aromatic heterocycles. The van der Waals surface area contributed by atoms with Crippen LogP contribution >= 0.6 is 0 Å². The van der Waals surface area contributed by atoms with Gasteiger partial charge in [-0.25, -0.2) is 9.78 Å². The van der Waals surface area contributed by atoms with Gasteiger partial charge >= 0.3 is 5.97 Å². The first-order chi connectivity index (χ1) is 10.1. The first kappa shape index (κ1) is 13.1. The molecule has 4 nitrogen and oxygen atoms in total. The maximum atomic E-state index is 11.5. The monoisotopic (exact) mass is 279 g/mol. The van der Waals surface area contributed by atoms with Crippen molar-refractivity contribution in [2.75, 3.05) is 0 Å². The number of fused-ring (bicyclic) bond motifs is 1. The molecule has 0 amide bonds. The molecule has 0 aliphatic heterocycles. The van der Waals surface area contributed by atoms with Crippen molar-refractivity contribution < 1.29 is 15.0 Å². The first-order valence-corrected chi connectivity index (χ1v) is 6.49. The van der Waals surface area contributed by atoms with Gasteiger partial charge in [-0.3, -0.25) is 0 Å². The molecule has 0 unspecified atom stereocenters. The van der Waals surface area contributed by atoms with Crippen LogP contribution in [0.5, 0.6) is 5.75 Å². The largest absolute Gasteiger partial charge is 0.508 e. The number of nitrogens with zero attached hydrogens (tertiary/aromatic N) is 1. The maximum Gasteiger partial charge on any atom is 0.336 e. The van der Waals surface area contributed by atoms with Crippen LogP contribution < -0.4 is 0 Å². The van der Waals surface area contributed by atoms with E-state index in [1.54, 1.807) is 36.4 Å². The molecule has 3 aromatic rings. The lowest BCUT2D eigenvalue weighted by Crippen LogP contribution is -2.01. The Morgan fingerprint density at radius 1 is 1.10 bits per heavy atom. The van der Waals surface area contributed by atoms with Crippen LogP contribution in [0.15, 0.2) is 48.5 Å². The second-order valence-corrected chi connectivity index (χ2v) is 4.88. The van der Waals surface area contributed by atoms with E-state index in [2.05, 4.69) is 4.98 Å². The first-order valence-electron chi connectivity index (χ1n) is 6.49. The van der Waals surface area contributed by atoms with Crippen molar-refractivity contribution in [2.24, 2.45) is 0 Å².